The number of piperidine rings is 1. The molecular formula is C20H32N2O. The highest BCUT2D eigenvalue weighted by atomic mass is 16.1. The highest BCUT2D eigenvalue weighted by Gasteiger charge is 2.13. The van der Waals surface area contributed by atoms with Crippen molar-refractivity contribution in [2.75, 3.05) is 24.5 Å². The Hall–Kier alpha value is -1.51. The molecule has 1 saturated heterocycles. The Bertz CT molecular complexity index is 463. The zero-order valence-corrected chi connectivity index (χ0v) is 14.8. The van der Waals surface area contributed by atoms with Crippen molar-refractivity contribution in [2.24, 2.45) is 5.92 Å². The SMILES string of the molecule is CCCC[C@@H](CC)CNC(=O)c1ccc(N2CCCCC2)cc1. The first-order chi connectivity index (χ1) is 11.2. The summed E-state index contributed by atoms with van der Waals surface area (Å²) in [5, 5.41) is 3.11. The van der Waals surface area contributed by atoms with E-state index in [1.807, 2.05) is 12.1 Å². The van der Waals surface area contributed by atoms with E-state index in [0.29, 0.717) is 5.92 Å². The zero-order chi connectivity index (χ0) is 16.5. The average molecular weight is 316 g/mol. The van der Waals surface area contributed by atoms with Gasteiger partial charge in [0.1, 0.15) is 0 Å². The van der Waals surface area contributed by atoms with Crippen LogP contribution < -0.4 is 10.2 Å². The Morgan fingerprint density at radius 1 is 1.13 bits per heavy atom. The number of carbonyl (C=O) groups is 1. The summed E-state index contributed by atoms with van der Waals surface area (Å²) in [6.45, 7) is 7.50. The molecule has 1 fully saturated rings. The minimum atomic E-state index is 0.0603. The molecule has 0 unspecified atom stereocenters. The normalized spacial score (nSPS) is 16.2. The van der Waals surface area contributed by atoms with Gasteiger partial charge >= 0.3 is 0 Å². The van der Waals surface area contributed by atoms with Crippen LogP contribution in [-0.2, 0) is 0 Å². The minimum absolute atomic E-state index is 0.0603. The molecule has 0 aliphatic carbocycles. The van der Waals surface area contributed by atoms with Gasteiger partial charge in [-0.05, 0) is 55.9 Å². The lowest BCUT2D eigenvalue weighted by Crippen LogP contribution is -2.30. The fourth-order valence-corrected chi connectivity index (χ4v) is 3.26. The Morgan fingerprint density at radius 3 is 2.43 bits per heavy atom. The molecule has 2 rings (SSSR count). The standard InChI is InChI=1S/C20H32N2O/c1-3-5-9-17(4-2)16-21-20(23)18-10-12-19(13-11-18)22-14-7-6-8-15-22/h10-13,17H,3-9,14-16H2,1-2H3,(H,21,23)/t17-/m1/s1. The molecule has 23 heavy (non-hydrogen) atoms. The van der Waals surface area contributed by atoms with E-state index in [0.717, 1.165) is 31.6 Å². The van der Waals surface area contributed by atoms with Crippen molar-refractivity contribution in [3.8, 4) is 0 Å². The number of hydrogen-bond donors (Lipinski definition) is 1. The maximum atomic E-state index is 12.3. The summed E-state index contributed by atoms with van der Waals surface area (Å²) in [5.74, 6) is 0.664. The quantitative estimate of drug-likeness (QED) is 0.759. The molecule has 0 radical (unpaired) electrons. The molecule has 3 nitrogen and oxygen atoms in total. The predicted octanol–water partition coefficient (Wildman–Crippen LogP) is 4.62. The molecule has 1 N–H and O–H groups in total. The van der Waals surface area contributed by atoms with Gasteiger partial charge in [-0.3, -0.25) is 4.79 Å². The van der Waals surface area contributed by atoms with Gasteiger partial charge in [-0.1, -0.05) is 33.1 Å². The number of unbranched alkanes of at least 4 members (excludes halogenated alkanes) is 1. The van der Waals surface area contributed by atoms with E-state index < -0.39 is 0 Å². The molecule has 1 aliphatic rings. The number of amides is 1. The van der Waals surface area contributed by atoms with Gasteiger partial charge in [-0.2, -0.15) is 0 Å². The fraction of sp³-hybridized carbons (Fsp3) is 0.650. The van der Waals surface area contributed by atoms with Gasteiger partial charge in [0, 0.05) is 30.9 Å². The van der Waals surface area contributed by atoms with Crippen LogP contribution in [0.15, 0.2) is 24.3 Å². The number of rotatable bonds is 8. The summed E-state index contributed by atoms with van der Waals surface area (Å²) >= 11 is 0. The van der Waals surface area contributed by atoms with Crippen molar-refractivity contribution >= 4 is 11.6 Å². The van der Waals surface area contributed by atoms with E-state index in [-0.39, 0.29) is 5.91 Å². The van der Waals surface area contributed by atoms with Gasteiger partial charge in [0.25, 0.3) is 5.91 Å². The number of nitrogens with one attached hydrogen (secondary N) is 1. The number of anilines is 1. The smallest absolute Gasteiger partial charge is 0.251 e. The minimum Gasteiger partial charge on any atom is -0.372 e. The van der Waals surface area contributed by atoms with Gasteiger partial charge in [0.2, 0.25) is 0 Å². The molecule has 1 aromatic carbocycles. The van der Waals surface area contributed by atoms with E-state index in [1.165, 1.54) is 44.2 Å². The van der Waals surface area contributed by atoms with Gasteiger partial charge in [-0.15, -0.1) is 0 Å². The van der Waals surface area contributed by atoms with Gasteiger partial charge in [-0.25, -0.2) is 0 Å². The van der Waals surface area contributed by atoms with E-state index in [2.05, 4.69) is 36.2 Å². The highest BCUT2D eigenvalue weighted by Crippen LogP contribution is 2.20. The molecule has 1 amide bonds. The van der Waals surface area contributed by atoms with Crippen molar-refractivity contribution in [3.63, 3.8) is 0 Å². The second-order valence-electron chi connectivity index (χ2n) is 6.72. The van der Waals surface area contributed by atoms with Gasteiger partial charge in [0.15, 0.2) is 0 Å². The Morgan fingerprint density at radius 2 is 1.83 bits per heavy atom. The number of benzene rings is 1. The maximum Gasteiger partial charge on any atom is 0.251 e. The van der Waals surface area contributed by atoms with Crippen LogP contribution in [-0.4, -0.2) is 25.5 Å². The molecule has 1 heterocycles. The van der Waals surface area contributed by atoms with Crippen LogP contribution in [0.2, 0.25) is 0 Å². The topological polar surface area (TPSA) is 32.3 Å². The largest absolute Gasteiger partial charge is 0.372 e. The second kappa shape index (κ2) is 9.59. The third-order valence-electron chi connectivity index (χ3n) is 4.95. The molecular weight excluding hydrogens is 284 g/mol. The summed E-state index contributed by atoms with van der Waals surface area (Å²) in [6, 6.07) is 8.11. The molecule has 1 atom stereocenters. The molecule has 1 aliphatic heterocycles. The molecule has 0 aromatic heterocycles. The first kappa shape index (κ1) is 17.8. The fourth-order valence-electron chi connectivity index (χ4n) is 3.26. The molecule has 3 heteroatoms. The lowest BCUT2D eigenvalue weighted by atomic mass is 9.99. The van der Waals surface area contributed by atoms with Gasteiger partial charge < -0.3 is 10.2 Å². The maximum absolute atomic E-state index is 12.3. The van der Waals surface area contributed by atoms with Gasteiger partial charge in [0.05, 0.1) is 0 Å². The van der Waals surface area contributed by atoms with E-state index in [1.54, 1.807) is 0 Å². The van der Waals surface area contributed by atoms with Crippen LogP contribution in [0.4, 0.5) is 5.69 Å². The van der Waals surface area contributed by atoms with Crippen molar-refractivity contribution in [1.29, 1.82) is 0 Å². The van der Waals surface area contributed by atoms with Crippen LogP contribution in [0, 0.1) is 5.92 Å². The summed E-state index contributed by atoms with van der Waals surface area (Å²) in [6.07, 6.45) is 8.71. The molecule has 1 aromatic rings. The molecule has 0 bridgehead atoms. The summed E-state index contributed by atoms with van der Waals surface area (Å²) < 4.78 is 0. The van der Waals surface area contributed by atoms with E-state index in [4.69, 9.17) is 0 Å². The van der Waals surface area contributed by atoms with Crippen molar-refractivity contribution in [3.05, 3.63) is 29.8 Å². The van der Waals surface area contributed by atoms with Crippen LogP contribution in [0.25, 0.3) is 0 Å². The number of hydrogen-bond acceptors (Lipinski definition) is 2. The summed E-state index contributed by atoms with van der Waals surface area (Å²) in [4.78, 5) is 14.7. The predicted molar refractivity (Wildman–Crippen MR) is 98.1 cm³/mol. The lowest BCUT2D eigenvalue weighted by Gasteiger charge is -2.28. The molecule has 128 valence electrons. The zero-order valence-electron chi connectivity index (χ0n) is 14.8. The van der Waals surface area contributed by atoms with E-state index in [9.17, 15) is 4.79 Å². The van der Waals surface area contributed by atoms with Crippen LogP contribution >= 0.6 is 0 Å². The van der Waals surface area contributed by atoms with E-state index >= 15 is 0 Å². The third-order valence-corrected chi connectivity index (χ3v) is 4.95. The first-order valence-electron chi connectivity index (χ1n) is 9.37. The van der Waals surface area contributed by atoms with Crippen LogP contribution in [0.1, 0.15) is 69.2 Å². The summed E-state index contributed by atoms with van der Waals surface area (Å²) in [5.41, 5.74) is 2.02. The number of nitrogens with zero attached hydrogens (tertiary/aromatic N) is 1. The molecule has 0 saturated carbocycles. The van der Waals surface area contributed by atoms with Crippen molar-refractivity contribution < 1.29 is 4.79 Å². The Kier molecular flexibility index (Phi) is 7.44. The lowest BCUT2D eigenvalue weighted by molar-refractivity contribution is 0.0946. The average Bonchev–Trinajstić information content (AvgIpc) is 2.62. The second-order valence-corrected chi connectivity index (χ2v) is 6.72. The Balaban J connectivity index is 1.84. The first-order valence-corrected chi connectivity index (χ1v) is 9.37. The molecule has 0 spiro atoms. The van der Waals surface area contributed by atoms with Crippen LogP contribution in [0.3, 0.4) is 0 Å². The highest BCUT2D eigenvalue weighted by molar-refractivity contribution is 5.94. The third kappa shape index (κ3) is 5.56. The number of carbonyl (C=O) groups excluding carboxylic acids is 1. The Labute approximate surface area is 141 Å². The summed E-state index contributed by atoms with van der Waals surface area (Å²) in [7, 11) is 0. The monoisotopic (exact) mass is 316 g/mol. The van der Waals surface area contributed by atoms with Crippen molar-refractivity contribution in [1.82, 2.24) is 5.32 Å². The van der Waals surface area contributed by atoms with Crippen molar-refractivity contribution in [2.45, 2.75) is 58.8 Å². The van der Waals surface area contributed by atoms with Crippen LogP contribution in [0.5, 0.6) is 0 Å².